The van der Waals surface area contributed by atoms with Crippen LogP contribution in [0, 0.1) is 6.92 Å². The minimum Gasteiger partial charge on any atom is -0.395 e. The number of hydrogen-bond donors (Lipinski definition) is 1. The average Bonchev–Trinajstić information content (AvgIpc) is 2.30. The van der Waals surface area contributed by atoms with Crippen LogP contribution < -0.4 is 5.73 Å². The standard InChI is InChI=1S/C8H9N3.ClH/c1-6-8(9)7-4-2-3-5-11(7)10-6;/h2-5H,9H2,1H3;1H. The molecule has 0 bridgehead atoms. The Morgan fingerprint density at radius 3 is 2.83 bits per heavy atom. The highest BCUT2D eigenvalue weighted by molar-refractivity contribution is 5.85. The fourth-order valence-electron chi connectivity index (χ4n) is 1.14. The molecular weight excluding hydrogens is 174 g/mol. The number of nitrogens with zero attached hydrogens (tertiary/aromatic N) is 2. The minimum atomic E-state index is 0. The maximum atomic E-state index is 5.75. The van der Waals surface area contributed by atoms with Gasteiger partial charge >= 0.3 is 0 Å². The first kappa shape index (κ1) is 8.87. The molecule has 12 heavy (non-hydrogen) atoms. The van der Waals surface area contributed by atoms with Gasteiger partial charge in [-0.2, -0.15) is 5.10 Å². The quantitative estimate of drug-likeness (QED) is 0.675. The van der Waals surface area contributed by atoms with Crippen molar-refractivity contribution in [1.29, 1.82) is 0 Å². The molecule has 0 amide bonds. The van der Waals surface area contributed by atoms with Crippen molar-refractivity contribution in [3.63, 3.8) is 0 Å². The Morgan fingerprint density at radius 1 is 1.42 bits per heavy atom. The molecule has 0 saturated heterocycles. The van der Waals surface area contributed by atoms with E-state index in [1.807, 2.05) is 31.3 Å². The third kappa shape index (κ3) is 1.12. The number of nitrogen functional groups attached to an aromatic ring is 1. The molecule has 4 heteroatoms. The molecule has 0 aliphatic carbocycles. The molecule has 2 aromatic rings. The van der Waals surface area contributed by atoms with Crippen LogP contribution in [0.3, 0.4) is 0 Å². The van der Waals surface area contributed by atoms with Gasteiger partial charge in [0.15, 0.2) is 0 Å². The molecule has 0 atom stereocenters. The van der Waals surface area contributed by atoms with Crippen molar-refractivity contribution in [3.8, 4) is 0 Å². The van der Waals surface area contributed by atoms with E-state index < -0.39 is 0 Å². The Balaban J connectivity index is 0.000000720. The molecule has 0 spiro atoms. The Kier molecular flexibility index (Phi) is 2.24. The summed E-state index contributed by atoms with van der Waals surface area (Å²) in [4.78, 5) is 0. The third-order valence-electron chi connectivity index (χ3n) is 1.76. The van der Waals surface area contributed by atoms with Crippen molar-refractivity contribution in [2.45, 2.75) is 6.92 Å². The van der Waals surface area contributed by atoms with E-state index in [1.54, 1.807) is 4.52 Å². The molecule has 2 N–H and O–H groups in total. The zero-order chi connectivity index (χ0) is 7.84. The van der Waals surface area contributed by atoms with E-state index in [4.69, 9.17) is 5.73 Å². The van der Waals surface area contributed by atoms with Gasteiger partial charge in [-0.25, -0.2) is 4.52 Å². The highest BCUT2D eigenvalue weighted by Gasteiger charge is 2.02. The summed E-state index contributed by atoms with van der Waals surface area (Å²) in [7, 11) is 0. The van der Waals surface area contributed by atoms with Gasteiger partial charge in [-0.05, 0) is 19.1 Å². The highest BCUT2D eigenvalue weighted by Crippen LogP contribution is 2.15. The summed E-state index contributed by atoms with van der Waals surface area (Å²) in [5, 5.41) is 4.20. The molecule has 64 valence electrons. The zero-order valence-electron chi connectivity index (χ0n) is 6.69. The van der Waals surface area contributed by atoms with Crippen LogP contribution in [-0.4, -0.2) is 9.61 Å². The van der Waals surface area contributed by atoms with E-state index in [1.165, 1.54) is 0 Å². The summed E-state index contributed by atoms with van der Waals surface area (Å²) in [5.41, 5.74) is 8.39. The maximum Gasteiger partial charge on any atom is 0.0894 e. The number of anilines is 1. The highest BCUT2D eigenvalue weighted by atomic mass is 35.5. The molecule has 2 aromatic heterocycles. The second-order valence-corrected chi connectivity index (χ2v) is 2.53. The van der Waals surface area contributed by atoms with Gasteiger partial charge in [0.2, 0.25) is 0 Å². The number of aryl methyl sites for hydroxylation is 1. The Bertz CT molecular complexity index is 394. The maximum absolute atomic E-state index is 5.75. The smallest absolute Gasteiger partial charge is 0.0894 e. The lowest BCUT2D eigenvalue weighted by Gasteiger charge is -1.89. The number of fused-ring (bicyclic) bond motifs is 1. The number of rotatable bonds is 0. The first-order valence-corrected chi connectivity index (χ1v) is 3.48. The largest absolute Gasteiger partial charge is 0.395 e. The molecule has 0 saturated carbocycles. The van der Waals surface area contributed by atoms with E-state index in [2.05, 4.69) is 5.10 Å². The van der Waals surface area contributed by atoms with Gasteiger partial charge in [-0.1, -0.05) is 6.07 Å². The second-order valence-electron chi connectivity index (χ2n) is 2.53. The molecule has 2 heterocycles. The summed E-state index contributed by atoms with van der Waals surface area (Å²) in [6.45, 7) is 1.91. The molecule has 0 aromatic carbocycles. The Morgan fingerprint density at radius 2 is 2.17 bits per heavy atom. The van der Waals surface area contributed by atoms with E-state index >= 15 is 0 Å². The van der Waals surface area contributed by atoms with E-state index in [0.717, 1.165) is 16.9 Å². The molecule has 3 nitrogen and oxygen atoms in total. The topological polar surface area (TPSA) is 43.3 Å². The number of pyridine rings is 1. The van der Waals surface area contributed by atoms with Crippen LogP contribution in [0.1, 0.15) is 5.69 Å². The Labute approximate surface area is 76.6 Å². The summed E-state index contributed by atoms with van der Waals surface area (Å²) >= 11 is 0. The van der Waals surface area contributed by atoms with Gasteiger partial charge in [0.25, 0.3) is 0 Å². The first-order valence-electron chi connectivity index (χ1n) is 3.48. The van der Waals surface area contributed by atoms with Crippen molar-refractivity contribution in [2.24, 2.45) is 0 Å². The van der Waals surface area contributed by atoms with Crippen molar-refractivity contribution >= 4 is 23.6 Å². The minimum absolute atomic E-state index is 0. The predicted molar refractivity (Wildman–Crippen MR) is 51.6 cm³/mol. The fourth-order valence-corrected chi connectivity index (χ4v) is 1.14. The molecular formula is C8H10ClN3. The van der Waals surface area contributed by atoms with Gasteiger partial charge in [0.05, 0.1) is 16.9 Å². The molecule has 2 rings (SSSR count). The second kappa shape index (κ2) is 3.03. The van der Waals surface area contributed by atoms with Crippen LogP contribution in [-0.2, 0) is 0 Å². The fraction of sp³-hybridized carbons (Fsp3) is 0.125. The van der Waals surface area contributed by atoms with Crippen molar-refractivity contribution in [1.82, 2.24) is 9.61 Å². The predicted octanol–water partition coefficient (Wildman–Crippen LogP) is 1.65. The monoisotopic (exact) mass is 183 g/mol. The van der Waals surface area contributed by atoms with Crippen LogP contribution in [0.4, 0.5) is 5.69 Å². The van der Waals surface area contributed by atoms with Gasteiger partial charge in [-0.15, -0.1) is 12.4 Å². The summed E-state index contributed by atoms with van der Waals surface area (Å²) in [6.07, 6.45) is 1.89. The molecule has 0 aliphatic heterocycles. The van der Waals surface area contributed by atoms with Crippen molar-refractivity contribution in [2.75, 3.05) is 5.73 Å². The molecule has 0 radical (unpaired) electrons. The number of hydrogen-bond acceptors (Lipinski definition) is 2. The lowest BCUT2D eigenvalue weighted by atomic mass is 10.3. The summed E-state index contributed by atoms with van der Waals surface area (Å²) < 4.78 is 1.78. The van der Waals surface area contributed by atoms with Crippen molar-refractivity contribution < 1.29 is 0 Å². The third-order valence-corrected chi connectivity index (χ3v) is 1.76. The van der Waals surface area contributed by atoms with E-state index in [-0.39, 0.29) is 12.4 Å². The van der Waals surface area contributed by atoms with Crippen LogP contribution in [0.2, 0.25) is 0 Å². The van der Waals surface area contributed by atoms with E-state index in [0.29, 0.717) is 0 Å². The van der Waals surface area contributed by atoms with Crippen LogP contribution in [0.25, 0.3) is 5.52 Å². The van der Waals surface area contributed by atoms with Crippen LogP contribution in [0.15, 0.2) is 24.4 Å². The van der Waals surface area contributed by atoms with Crippen molar-refractivity contribution in [3.05, 3.63) is 30.1 Å². The lowest BCUT2D eigenvalue weighted by molar-refractivity contribution is 0.934. The summed E-state index contributed by atoms with van der Waals surface area (Å²) in [6, 6.07) is 5.83. The lowest BCUT2D eigenvalue weighted by Crippen LogP contribution is -1.85. The molecule has 0 fully saturated rings. The molecule has 0 aliphatic rings. The zero-order valence-corrected chi connectivity index (χ0v) is 7.51. The van der Waals surface area contributed by atoms with Crippen LogP contribution >= 0.6 is 12.4 Å². The number of aromatic nitrogens is 2. The normalized spacial score (nSPS) is 9.75. The SMILES string of the molecule is Cc1nn2ccccc2c1N.Cl. The number of nitrogens with two attached hydrogens (primary N) is 1. The number of halogens is 1. The van der Waals surface area contributed by atoms with E-state index in [9.17, 15) is 0 Å². The van der Waals surface area contributed by atoms with Gasteiger partial charge in [0, 0.05) is 6.20 Å². The van der Waals surface area contributed by atoms with Gasteiger partial charge < -0.3 is 5.73 Å². The molecule has 0 unspecified atom stereocenters. The van der Waals surface area contributed by atoms with Gasteiger partial charge in [0.1, 0.15) is 0 Å². The summed E-state index contributed by atoms with van der Waals surface area (Å²) in [5.74, 6) is 0. The average molecular weight is 184 g/mol. The first-order chi connectivity index (χ1) is 5.29. The van der Waals surface area contributed by atoms with Crippen LogP contribution in [0.5, 0.6) is 0 Å². The Hall–Kier alpha value is -1.22. The van der Waals surface area contributed by atoms with Gasteiger partial charge in [-0.3, -0.25) is 0 Å².